The third kappa shape index (κ3) is 3.93. The van der Waals surface area contributed by atoms with E-state index in [1.165, 1.54) is 12.1 Å². The lowest BCUT2D eigenvalue weighted by Crippen LogP contribution is -2.42. The number of rotatable bonds is 2. The Balaban J connectivity index is 2.00. The Morgan fingerprint density at radius 1 is 1.30 bits per heavy atom. The van der Waals surface area contributed by atoms with Crippen LogP contribution in [0.1, 0.15) is 32.3 Å². The molecule has 0 radical (unpaired) electrons. The number of hydrogen-bond acceptors (Lipinski definition) is 3. The number of halogens is 1. The summed E-state index contributed by atoms with van der Waals surface area (Å²) in [6.07, 6.45) is -0.418. The molecule has 2 atom stereocenters. The highest BCUT2D eigenvalue weighted by molar-refractivity contribution is 5.68. The first kappa shape index (κ1) is 14.8. The zero-order valence-corrected chi connectivity index (χ0v) is 12.1. The topological polar surface area (TPSA) is 50.4 Å². The van der Waals surface area contributed by atoms with E-state index in [4.69, 9.17) is 4.74 Å². The lowest BCUT2D eigenvalue weighted by atomic mass is 9.94. The quantitative estimate of drug-likeness (QED) is 0.874. The number of ether oxygens (including phenoxy) is 1. The third-order valence-electron chi connectivity index (χ3n) is 3.21. The lowest BCUT2D eigenvalue weighted by molar-refractivity contribution is 0.0504. The molecule has 4 nitrogen and oxygen atoms in total. The molecule has 1 aliphatic heterocycles. The predicted molar refractivity (Wildman–Crippen MR) is 75.2 cm³/mol. The van der Waals surface area contributed by atoms with Gasteiger partial charge in [0.05, 0.1) is 6.04 Å². The molecule has 2 N–H and O–H groups in total. The molecule has 1 heterocycles. The summed E-state index contributed by atoms with van der Waals surface area (Å²) in [6, 6.07) is 6.36. The van der Waals surface area contributed by atoms with Gasteiger partial charge < -0.3 is 15.4 Å². The van der Waals surface area contributed by atoms with Gasteiger partial charge in [-0.25, -0.2) is 9.18 Å². The smallest absolute Gasteiger partial charge is 0.407 e. The normalized spacial score (nSPS) is 22.6. The highest BCUT2D eigenvalue weighted by atomic mass is 19.1. The molecule has 0 saturated carbocycles. The van der Waals surface area contributed by atoms with Crippen LogP contribution in [0.4, 0.5) is 9.18 Å². The Bertz CT molecular complexity index is 468. The van der Waals surface area contributed by atoms with Crippen LogP contribution in [0.15, 0.2) is 24.3 Å². The Labute approximate surface area is 118 Å². The molecule has 1 fully saturated rings. The molecule has 110 valence electrons. The van der Waals surface area contributed by atoms with Crippen molar-refractivity contribution in [2.24, 2.45) is 0 Å². The summed E-state index contributed by atoms with van der Waals surface area (Å²) in [5.41, 5.74) is 0.499. The largest absolute Gasteiger partial charge is 0.444 e. The molecule has 1 aromatic rings. The van der Waals surface area contributed by atoms with E-state index in [0.29, 0.717) is 6.54 Å². The average molecular weight is 280 g/mol. The molecule has 0 spiro atoms. The number of carbonyl (C=O) groups is 1. The van der Waals surface area contributed by atoms with Gasteiger partial charge in [-0.2, -0.15) is 0 Å². The second kappa shape index (κ2) is 5.79. The Hall–Kier alpha value is -1.62. The SMILES string of the molecule is CC(C)(C)OC(=O)NC1CNCC1c1ccc(F)cc1. The minimum absolute atomic E-state index is 0.0460. The van der Waals surface area contributed by atoms with E-state index in [2.05, 4.69) is 10.6 Å². The first-order chi connectivity index (χ1) is 9.35. The second-order valence-corrected chi connectivity index (χ2v) is 6.07. The number of nitrogens with one attached hydrogen (secondary N) is 2. The van der Waals surface area contributed by atoms with Gasteiger partial charge in [-0.15, -0.1) is 0 Å². The van der Waals surface area contributed by atoms with Gasteiger partial charge in [0.1, 0.15) is 11.4 Å². The van der Waals surface area contributed by atoms with Crippen LogP contribution in [0.25, 0.3) is 0 Å². The van der Waals surface area contributed by atoms with E-state index in [-0.39, 0.29) is 17.8 Å². The maximum Gasteiger partial charge on any atom is 0.407 e. The number of alkyl carbamates (subject to hydrolysis) is 1. The molecular formula is C15H21FN2O2. The van der Waals surface area contributed by atoms with E-state index in [1.54, 1.807) is 12.1 Å². The summed E-state index contributed by atoms with van der Waals surface area (Å²) in [5.74, 6) is -0.125. The molecule has 20 heavy (non-hydrogen) atoms. The standard InChI is InChI=1S/C15H21FN2O2/c1-15(2,3)20-14(19)18-13-9-17-8-12(13)10-4-6-11(16)7-5-10/h4-7,12-13,17H,8-9H2,1-3H3,(H,18,19). The van der Waals surface area contributed by atoms with Crippen molar-refractivity contribution in [3.8, 4) is 0 Å². The van der Waals surface area contributed by atoms with Crippen molar-refractivity contribution in [1.82, 2.24) is 10.6 Å². The number of carbonyl (C=O) groups excluding carboxylic acids is 1. The van der Waals surface area contributed by atoms with Gasteiger partial charge in [0.2, 0.25) is 0 Å². The Morgan fingerprint density at radius 2 is 1.95 bits per heavy atom. The Morgan fingerprint density at radius 3 is 2.55 bits per heavy atom. The van der Waals surface area contributed by atoms with E-state index < -0.39 is 11.7 Å². The molecule has 0 aliphatic carbocycles. The average Bonchev–Trinajstić information content (AvgIpc) is 2.75. The zero-order chi connectivity index (χ0) is 14.8. The molecule has 2 rings (SSSR count). The molecule has 5 heteroatoms. The predicted octanol–water partition coefficient (Wildman–Crippen LogP) is 2.41. The Kier molecular flexibility index (Phi) is 4.28. The lowest BCUT2D eigenvalue weighted by Gasteiger charge is -2.24. The summed E-state index contributed by atoms with van der Waals surface area (Å²) in [5, 5.41) is 6.12. The fourth-order valence-electron chi connectivity index (χ4n) is 2.35. The van der Waals surface area contributed by atoms with E-state index in [0.717, 1.165) is 12.1 Å². The highest BCUT2D eigenvalue weighted by Gasteiger charge is 2.31. The van der Waals surface area contributed by atoms with Gasteiger partial charge in [-0.05, 0) is 38.5 Å². The van der Waals surface area contributed by atoms with Crippen molar-refractivity contribution in [2.75, 3.05) is 13.1 Å². The fourth-order valence-corrected chi connectivity index (χ4v) is 2.35. The van der Waals surface area contributed by atoms with Gasteiger partial charge >= 0.3 is 6.09 Å². The fraction of sp³-hybridized carbons (Fsp3) is 0.533. The van der Waals surface area contributed by atoms with Crippen LogP contribution in [0.2, 0.25) is 0 Å². The molecule has 1 saturated heterocycles. The van der Waals surface area contributed by atoms with Gasteiger partial charge in [0, 0.05) is 19.0 Å². The van der Waals surface area contributed by atoms with Crippen molar-refractivity contribution in [1.29, 1.82) is 0 Å². The minimum atomic E-state index is -0.512. The molecule has 1 amide bonds. The van der Waals surface area contributed by atoms with Crippen molar-refractivity contribution in [2.45, 2.75) is 38.3 Å². The van der Waals surface area contributed by atoms with Crippen molar-refractivity contribution in [3.63, 3.8) is 0 Å². The van der Waals surface area contributed by atoms with Crippen molar-refractivity contribution in [3.05, 3.63) is 35.6 Å². The summed E-state index contributed by atoms with van der Waals surface area (Å²) in [4.78, 5) is 11.8. The van der Waals surface area contributed by atoms with E-state index in [9.17, 15) is 9.18 Å². The number of amides is 1. The summed E-state index contributed by atoms with van der Waals surface area (Å²) in [7, 11) is 0. The summed E-state index contributed by atoms with van der Waals surface area (Å²) < 4.78 is 18.2. The monoisotopic (exact) mass is 280 g/mol. The molecule has 2 unspecified atom stereocenters. The molecule has 0 aromatic heterocycles. The van der Waals surface area contributed by atoms with Crippen LogP contribution in [0, 0.1) is 5.82 Å². The van der Waals surface area contributed by atoms with Gasteiger partial charge in [0.15, 0.2) is 0 Å². The highest BCUT2D eigenvalue weighted by Crippen LogP contribution is 2.23. The maximum absolute atomic E-state index is 13.0. The maximum atomic E-state index is 13.0. The zero-order valence-electron chi connectivity index (χ0n) is 12.1. The molecule has 0 bridgehead atoms. The first-order valence-electron chi connectivity index (χ1n) is 6.81. The van der Waals surface area contributed by atoms with E-state index in [1.807, 2.05) is 20.8 Å². The van der Waals surface area contributed by atoms with Crippen LogP contribution in [-0.4, -0.2) is 30.8 Å². The summed E-state index contributed by atoms with van der Waals surface area (Å²) >= 11 is 0. The van der Waals surface area contributed by atoms with Crippen LogP contribution < -0.4 is 10.6 Å². The van der Waals surface area contributed by atoms with Crippen LogP contribution >= 0.6 is 0 Å². The number of benzene rings is 1. The molecular weight excluding hydrogens is 259 g/mol. The van der Waals surface area contributed by atoms with Crippen molar-refractivity contribution < 1.29 is 13.9 Å². The summed E-state index contributed by atoms with van der Waals surface area (Å²) in [6.45, 7) is 6.93. The van der Waals surface area contributed by atoms with Crippen molar-refractivity contribution >= 4 is 6.09 Å². The van der Waals surface area contributed by atoms with Crippen LogP contribution in [0.5, 0.6) is 0 Å². The third-order valence-corrected chi connectivity index (χ3v) is 3.21. The number of hydrogen-bond donors (Lipinski definition) is 2. The minimum Gasteiger partial charge on any atom is -0.444 e. The first-order valence-corrected chi connectivity index (χ1v) is 6.81. The second-order valence-electron chi connectivity index (χ2n) is 6.07. The van der Waals surface area contributed by atoms with Crippen LogP contribution in [-0.2, 0) is 4.74 Å². The molecule has 1 aliphatic rings. The van der Waals surface area contributed by atoms with Crippen LogP contribution in [0.3, 0.4) is 0 Å². The van der Waals surface area contributed by atoms with Gasteiger partial charge in [-0.3, -0.25) is 0 Å². The van der Waals surface area contributed by atoms with Gasteiger partial charge in [0.25, 0.3) is 0 Å². The molecule has 1 aromatic carbocycles. The van der Waals surface area contributed by atoms with Gasteiger partial charge in [-0.1, -0.05) is 12.1 Å². The van der Waals surface area contributed by atoms with E-state index >= 15 is 0 Å².